The number of carboxylic acids is 1. The summed E-state index contributed by atoms with van der Waals surface area (Å²) in [5.74, 6) is -1.73. The number of benzene rings is 3. The highest BCUT2D eigenvalue weighted by Crippen LogP contribution is 2.54. The average Bonchev–Trinajstić information content (AvgIpc) is 3.24. The van der Waals surface area contributed by atoms with Gasteiger partial charge in [0.25, 0.3) is 0 Å². The van der Waals surface area contributed by atoms with Crippen molar-refractivity contribution < 1.29 is 29.6 Å². The van der Waals surface area contributed by atoms with Crippen molar-refractivity contribution in [2.75, 3.05) is 0 Å². The van der Waals surface area contributed by atoms with Gasteiger partial charge in [-0.2, -0.15) is 0 Å². The largest absolute Gasteiger partial charge is 0.507 e. The molecule has 0 spiro atoms. The molecule has 1 heterocycles. The molecule has 0 saturated carbocycles. The second-order valence-electron chi connectivity index (χ2n) is 10.6. The third kappa shape index (κ3) is 5.29. The molecule has 3 aromatic rings. The molecule has 0 fully saturated rings. The van der Waals surface area contributed by atoms with E-state index in [9.17, 15) is 24.9 Å². The molecule has 1 aliphatic rings. The number of fused-ring (bicyclic) bond motifs is 1. The maximum atomic E-state index is 13.7. The summed E-state index contributed by atoms with van der Waals surface area (Å²) in [6.07, 6.45) is 6.02. The second kappa shape index (κ2) is 12.6. The molecule has 0 aromatic heterocycles. The molecule has 6 nitrogen and oxygen atoms in total. The normalized spacial score (nSPS) is 13.8. The second-order valence-corrected chi connectivity index (χ2v) is 12.2. The van der Waals surface area contributed by atoms with E-state index in [0.29, 0.717) is 51.3 Å². The molecule has 4 rings (SSSR count). The highest BCUT2D eigenvalue weighted by atomic mass is 79.9. The van der Waals surface area contributed by atoms with E-state index < -0.39 is 17.5 Å². The minimum atomic E-state index is -1.51. The molecule has 0 unspecified atom stereocenters. The Morgan fingerprint density at radius 2 is 1.17 bits per heavy atom. The Labute approximate surface area is 258 Å². The van der Waals surface area contributed by atoms with Crippen molar-refractivity contribution in [2.24, 2.45) is 0 Å². The third-order valence-electron chi connectivity index (χ3n) is 7.79. The van der Waals surface area contributed by atoms with E-state index in [1.807, 2.05) is 0 Å². The van der Waals surface area contributed by atoms with E-state index in [1.54, 1.807) is 18.2 Å². The number of ether oxygens (including phenoxy) is 1. The molecular formula is C33H36Br2O6. The van der Waals surface area contributed by atoms with Gasteiger partial charge < -0.3 is 20.1 Å². The fourth-order valence-electron chi connectivity index (χ4n) is 6.14. The van der Waals surface area contributed by atoms with E-state index in [2.05, 4.69) is 59.6 Å². The molecule has 1 aliphatic heterocycles. The van der Waals surface area contributed by atoms with Crippen LogP contribution in [0.25, 0.3) is 0 Å². The summed E-state index contributed by atoms with van der Waals surface area (Å²) in [6, 6.07) is 7.81. The fraction of sp³-hybridized carbons (Fsp3) is 0.394. The van der Waals surface area contributed by atoms with E-state index in [0.717, 1.165) is 47.9 Å². The quantitative estimate of drug-likeness (QED) is 0.175. The number of phenolic OH excluding ortho intramolecular Hbond substituents is 2. The number of phenols is 2. The molecule has 218 valence electrons. The minimum absolute atomic E-state index is 0.0188. The first-order valence-electron chi connectivity index (χ1n) is 14.3. The summed E-state index contributed by atoms with van der Waals surface area (Å²) in [5.41, 5.74) is 4.19. The van der Waals surface area contributed by atoms with Gasteiger partial charge in [0.1, 0.15) is 11.5 Å². The van der Waals surface area contributed by atoms with Crippen LogP contribution in [0.3, 0.4) is 0 Å². The van der Waals surface area contributed by atoms with Crippen LogP contribution in [0.15, 0.2) is 39.3 Å². The highest BCUT2D eigenvalue weighted by Gasteiger charge is 2.52. The van der Waals surface area contributed by atoms with Gasteiger partial charge in [-0.1, -0.05) is 59.4 Å². The molecule has 0 amide bonds. The van der Waals surface area contributed by atoms with Gasteiger partial charge in [-0.05, 0) is 104 Å². The molecule has 0 atom stereocenters. The van der Waals surface area contributed by atoms with Crippen LogP contribution >= 0.6 is 31.9 Å². The lowest BCUT2D eigenvalue weighted by Crippen LogP contribution is -2.33. The van der Waals surface area contributed by atoms with Crippen molar-refractivity contribution in [2.45, 2.75) is 84.7 Å². The van der Waals surface area contributed by atoms with Gasteiger partial charge in [0.15, 0.2) is 5.60 Å². The van der Waals surface area contributed by atoms with Crippen LogP contribution in [-0.4, -0.2) is 27.3 Å². The van der Waals surface area contributed by atoms with Crippen LogP contribution in [0.5, 0.6) is 11.5 Å². The van der Waals surface area contributed by atoms with E-state index in [1.165, 1.54) is 12.1 Å². The van der Waals surface area contributed by atoms with Crippen molar-refractivity contribution in [3.63, 3.8) is 0 Å². The standard InChI is InChI=1S/C33H36Br2O6/c1-5-9-19-21(11-7-3)29(34)27(36)16-25(19)33(24-14-13-18(31(38)39)15-23(24)32(40)41-33)26-17-28(37)30(35)22(12-8-4)20(26)10-6-2/h13-17,36-37H,5-12H2,1-4H3,(H,38,39). The summed E-state index contributed by atoms with van der Waals surface area (Å²) < 4.78 is 7.71. The van der Waals surface area contributed by atoms with Crippen LogP contribution in [0.2, 0.25) is 0 Å². The summed E-state index contributed by atoms with van der Waals surface area (Å²) in [5, 5.41) is 32.2. The predicted octanol–water partition coefficient (Wildman–Crippen LogP) is 8.59. The molecule has 0 saturated heterocycles. The van der Waals surface area contributed by atoms with Gasteiger partial charge in [0.2, 0.25) is 0 Å². The number of cyclic esters (lactones) is 1. The number of rotatable bonds is 11. The van der Waals surface area contributed by atoms with E-state index in [4.69, 9.17) is 4.74 Å². The number of hydrogen-bond donors (Lipinski definition) is 3. The first-order chi connectivity index (χ1) is 19.6. The van der Waals surface area contributed by atoms with E-state index >= 15 is 0 Å². The Morgan fingerprint density at radius 1 is 0.732 bits per heavy atom. The minimum Gasteiger partial charge on any atom is -0.507 e. The SMILES string of the molecule is CCCc1c(C2(c3cc(O)c(Br)c(CCC)c3CCC)OC(=O)c3cc(C(=O)O)ccc32)cc(O)c(Br)c1CCC. The Balaban J connectivity index is 2.26. The Hall–Kier alpha value is -2.84. The Morgan fingerprint density at radius 3 is 1.59 bits per heavy atom. The zero-order valence-electron chi connectivity index (χ0n) is 23.9. The predicted molar refractivity (Wildman–Crippen MR) is 166 cm³/mol. The van der Waals surface area contributed by atoms with Crippen molar-refractivity contribution in [1.29, 1.82) is 0 Å². The van der Waals surface area contributed by atoms with Crippen LogP contribution in [0.1, 0.15) is 113 Å². The molecule has 0 bridgehead atoms. The average molecular weight is 688 g/mol. The summed E-state index contributed by atoms with van der Waals surface area (Å²) in [7, 11) is 0. The number of esters is 1. The Kier molecular flexibility index (Phi) is 9.54. The summed E-state index contributed by atoms with van der Waals surface area (Å²) in [4.78, 5) is 25.6. The number of carboxylic acid groups (broad SMARTS) is 1. The maximum Gasteiger partial charge on any atom is 0.340 e. The van der Waals surface area contributed by atoms with Crippen LogP contribution in [0, 0.1) is 0 Å². The lowest BCUT2D eigenvalue weighted by atomic mass is 9.72. The number of carbonyl (C=O) groups excluding carboxylic acids is 1. The van der Waals surface area contributed by atoms with Crippen molar-refractivity contribution in [3.8, 4) is 11.5 Å². The van der Waals surface area contributed by atoms with Gasteiger partial charge in [0, 0.05) is 16.7 Å². The fourth-order valence-corrected chi connectivity index (χ4v) is 7.25. The van der Waals surface area contributed by atoms with Gasteiger partial charge >= 0.3 is 11.9 Å². The molecule has 0 radical (unpaired) electrons. The molecule has 0 aliphatic carbocycles. The van der Waals surface area contributed by atoms with Crippen LogP contribution in [0.4, 0.5) is 0 Å². The molecular weight excluding hydrogens is 652 g/mol. The highest BCUT2D eigenvalue weighted by molar-refractivity contribution is 9.11. The zero-order chi connectivity index (χ0) is 30.1. The summed E-state index contributed by atoms with van der Waals surface area (Å²) in [6.45, 7) is 8.30. The van der Waals surface area contributed by atoms with Crippen LogP contribution in [-0.2, 0) is 36.0 Å². The number of halogens is 2. The number of aromatic carboxylic acids is 1. The lowest BCUT2D eigenvalue weighted by Gasteiger charge is -2.36. The van der Waals surface area contributed by atoms with Crippen molar-refractivity contribution >= 4 is 43.8 Å². The number of carbonyl (C=O) groups is 2. The topological polar surface area (TPSA) is 104 Å². The third-order valence-corrected chi connectivity index (χ3v) is 9.56. The van der Waals surface area contributed by atoms with E-state index in [-0.39, 0.29) is 22.6 Å². The van der Waals surface area contributed by atoms with Gasteiger partial charge in [-0.25, -0.2) is 9.59 Å². The zero-order valence-corrected chi connectivity index (χ0v) is 27.0. The van der Waals surface area contributed by atoms with Gasteiger partial charge in [0.05, 0.1) is 20.1 Å². The van der Waals surface area contributed by atoms with Gasteiger partial charge in [-0.15, -0.1) is 0 Å². The summed E-state index contributed by atoms with van der Waals surface area (Å²) >= 11 is 7.22. The maximum absolute atomic E-state index is 13.7. The molecule has 41 heavy (non-hydrogen) atoms. The van der Waals surface area contributed by atoms with Crippen LogP contribution < -0.4 is 0 Å². The first-order valence-corrected chi connectivity index (χ1v) is 15.8. The molecule has 3 aromatic carbocycles. The molecule has 3 N–H and O–H groups in total. The number of hydrogen-bond acceptors (Lipinski definition) is 5. The number of aromatic hydroxyl groups is 2. The van der Waals surface area contributed by atoms with Crippen molar-refractivity contribution in [3.05, 3.63) is 89.3 Å². The molecule has 8 heteroatoms. The van der Waals surface area contributed by atoms with Crippen molar-refractivity contribution in [1.82, 2.24) is 0 Å². The first kappa shape index (κ1) is 31.1. The lowest BCUT2D eigenvalue weighted by molar-refractivity contribution is 0.0244. The smallest absolute Gasteiger partial charge is 0.340 e. The van der Waals surface area contributed by atoms with Gasteiger partial charge in [-0.3, -0.25) is 0 Å². The Bertz CT molecular complexity index is 1440. The monoisotopic (exact) mass is 686 g/mol.